The normalized spacial score (nSPS) is 21.5. The molecule has 0 spiro atoms. The Morgan fingerprint density at radius 3 is 2.54 bits per heavy atom. The molecule has 2 aromatic rings. The van der Waals surface area contributed by atoms with E-state index in [0.29, 0.717) is 22.0 Å². The lowest BCUT2D eigenvalue weighted by Crippen LogP contribution is -2.68. The van der Waals surface area contributed by atoms with Crippen LogP contribution in [0.1, 0.15) is 23.2 Å². The fourth-order valence-corrected chi connectivity index (χ4v) is 3.82. The number of hydrogen-bond donors (Lipinski definition) is 1. The Morgan fingerprint density at radius 1 is 1.12 bits per heavy atom. The van der Waals surface area contributed by atoms with Crippen LogP contribution >= 0.6 is 11.6 Å². The molecule has 3 amide bonds. The van der Waals surface area contributed by atoms with Crippen LogP contribution in [0.2, 0.25) is 5.02 Å². The first-order chi connectivity index (χ1) is 12.4. The van der Waals surface area contributed by atoms with Crippen molar-refractivity contribution in [2.45, 2.75) is 18.5 Å². The summed E-state index contributed by atoms with van der Waals surface area (Å²) < 4.78 is 0. The van der Waals surface area contributed by atoms with Gasteiger partial charge in [-0.1, -0.05) is 23.7 Å². The van der Waals surface area contributed by atoms with Crippen molar-refractivity contribution in [2.24, 2.45) is 0 Å². The minimum absolute atomic E-state index is 0.178. The molecule has 4 rings (SSSR count). The van der Waals surface area contributed by atoms with Crippen LogP contribution in [0.4, 0.5) is 11.4 Å². The maximum absolute atomic E-state index is 13.2. The number of benzene rings is 2. The lowest BCUT2D eigenvalue weighted by atomic mass is 9.96. The molecule has 7 heteroatoms. The van der Waals surface area contributed by atoms with Crippen LogP contribution < -0.4 is 10.2 Å². The maximum atomic E-state index is 13.2. The molecule has 2 heterocycles. The second kappa shape index (κ2) is 5.85. The van der Waals surface area contributed by atoms with E-state index in [0.717, 1.165) is 0 Å². The van der Waals surface area contributed by atoms with Gasteiger partial charge in [0.25, 0.3) is 11.8 Å². The first kappa shape index (κ1) is 16.6. The molecule has 0 aliphatic carbocycles. The zero-order valence-electron chi connectivity index (χ0n) is 14.0. The summed E-state index contributed by atoms with van der Waals surface area (Å²) in [5, 5.41) is 3.37. The summed E-state index contributed by atoms with van der Waals surface area (Å²) in [7, 11) is 1.56. The van der Waals surface area contributed by atoms with Crippen LogP contribution in [0.3, 0.4) is 0 Å². The number of hydrogen-bond acceptors (Lipinski definition) is 3. The molecule has 6 nitrogen and oxygen atoms in total. The molecule has 132 valence electrons. The highest BCUT2D eigenvalue weighted by atomic mass is 35.5. The summed E-state index contributed by atoms with van der Waals surface area (Å²) in [4.78, 5) is 41.5. The maximum Gasteiger partial charge on any atom is 0.271 e. The second-order valence-corrected chi connectivity index (χ2v) is 6.82. The van der Waals surface area contributed by atoms with Crippen molar-refractivity contribution in [1.82, 2.24) is 4.90 Å². The average molecular weight is 370 g/mol. The SMILES string of the molecule is CN1C(=O)c2ccccc2N2C(=O)CC[C@@]12C(=O)Nc1ccc(Cl)cc1. The van der Waals surface area contributed by atoms with Gasteiger partial charge < -0.3 is 10.2 Å². The monoisotopic (exact) mass is 369 g/mol. The van der Waals surface area contributed by atoms with Crippen LogP contribution in [0, 0.1) is 0 Å². The van der Waals surface area contributed by atoms with Gasteiger partial charge in [0.15, 0.2) is 0 Å². The average Bonchev–Trinajstić information content (AvgIpc) is 3.00. The minimum Gasteiger partial charge on any atom is -0.322 e. The predicted octanol–water partition coefficient (Wildman–Crippen LogP) is 2.89. The molecule has 1 fully saturated rings. The van der Waals surface area contributed by atoms with Crippen molar-refractivity contribution in [2.75, 3.05) is 17.3 Å². The summed E-state index contributed by atoms with van der Waals surface area (Å²) in [6, 6.07) is 13.5. The fourth-order valence-electron chi connectivity index (χ4n) is 3.69. The number of para-hydroxylation sites is 1. The van der Waals surface area contributed by atoms with Crippen molar-refractivity contribution in [3.8, 4) is 0 Å². The molecular weight excluding hydrogens is 354 g/mol. The third-order valence-corrected chi connectivity index (χ3v) is 5.26. The predicted molar refractivity (Wildman–Crippen MR) is 98.1 cm³/mol. The Labute approximate surface area is 155 Å². The number of amides is 3. The van der Waals surface area contributed by atoms with Crippen molar-refractivity contribution < 1.29 is 14.4 Å². The summed E-state index contributed by atoms with van der Waals surface area (Å²) in [5.41, 5.74) is 0.0691. The van der Waals surface area contributed by atoms with Gasteiger partial charge in [-0.25, -0.2) is 0 Å². The van der Waals surface area contributed by atoms with E-state index in [1.807, 2.05) is 0 Å². The molecule has 1 saturated heterocycles. The molecule has 1 atom stereocenters. The van der Waals surface area contributed by atoms with Gasteiger partial charge >= 0.3 is 0 Å². The molecule has 0 unspecified atom stereocenters. The summed E-state index contributed by atoms with van der Waals surface area (Å²) in [5.74, 6) is -0.878. The number of anilines is 2. The third-order valence-electron chi connectivity index (χ3n) is 5.01. The lowest BCUT2D eigenvalue weighted by molar-refractivity contribution is -0.128. The number of nitrogens with zero attached hydrogens (tertiary/aromatic N) is 2. The van der Waals surface area contributed by atoms with Gasteiger partial charge in [-0.3, -0.25) is 19.3 Å². The van der Waals surface area contributed by atoms with Gasteiger partial charge in [-0.2, -0.15) is 0 Å². The number of rotatable bonds is 2. The van der Waals surface area contributed by atoms with E-state index in [1.54, 1.807) is 55.6 Å². The van der Waals surface area contributed by atoms with E-state index < -0.39 is 11.6 Å². The standard InChI is InChI=1S/C19H16ClN3O3/c1-22-17(25)14-4-2-3-5-15(14)23-16(24)10-11-19(22,23)18(26)21-13-8-6-12(20)7-9-13/h2-9H,10-11H2,1H3,(H,21,26)/t19-/m1/s1. The first-order valence-corrected chi connectivity index (χ1v) is 8.60. The summed E-state index contributed by atoms with van der Waals surface area (Å²) in [6.45, 7) is 0. The molecule has 26 heavy (non-hydrogen) atoms. The van der Waals surface area contributed by atoms with Crippen molar-refractivity contribution in [3.63, 3.8) is 0 Å². The Morgan fingerprint density at radius 2 is 1.81 bits per heavy atom. The molecule has 2 aromatic carbocycles. The van der Waals surface area contributed by atoms with Crippen LogP contribution in [-0.4, -0.2) is 35.3 Å². The van der Waals surface area contributed by atoms with E-state index in [1.165, 1.54) is 9.80 Å². The van der Waals surface area contributed by atoms with Crippen LogP contribution in [0.5, 0.6) is 0 Å². The van der Waals surface area contributed by atoms with E-state index in [9.17, 15) is 14.4 Å². The Bertz CT molecular complexity index is 928. The Balaban J connectivity index is 1.80. The summed E-state index contributed by atoms with van der Waals surface area (Å²) >= 11 is 5.88. The fraction of sp³-hybridized carbons (Fsp3) is 0.211. The van der Waals surface area contributed by atoms with E-state index in [2.05, 4.69) is 5.32 Å². The highest BCUT2D eigenvalue weighted by molar-refractivity contribution is 6.30. The van der Waals surface area contributed by atoms with E-state index >= 15 is 0 Å². The molecule has 2 aliphatic heterocycles. The molecule has 0 saturated carbocycles. The van der Waals surface area contributed by atoms with Crippen LogP contribution in [0.15, 0.2) is 48.5 Å². The van der Waals surface area contributed by atoms with Gasteiger partial charge in [-0.05, 0) is 36.4 Å². The number of nitrogens with one attached hydrogen (secondary N) is 1. The smallest absolute Gasteiger partial charge is 0.271 e. The number of halogens is 1. The number of likely N-dealkylation sites (N-methyl/N-ethyl adjacent to an activating group) is 1. The second-order valence-electron chi connectivity index (χ2n) is 6.39. The number of carbonyl (C=O) groups is 3. The molecule has 2 aliphatic rings. The third kappa shape index (κ3) is 2.22. The molecule has 0 radical (unpaired) electrons. The van der Waals surface area contributed by atoms with Crippen molar-refractivity contribution >= 4 is 40.7 Å². The van der Waals surface area contributed by atoms with Crippen molar-refractivity contribution in [3.05, 3.63) is 59.1 Å². The Hall–Kier alpha value is -2.86. The summed E-state index contributed by atoms with van der Waals surface area (Å²) in [6.07, 6.45) is 0.432. The van der Waals surface area contributed by atoms with Crippen LogP contribution in [-0.2, 0) is 9.59 Å². The van der Waals surface area contributed by atoms with Gasteiger partial charge in [-0.15, -0.1) is 0 Å². The topological polar surface area (TPSA) is 69.7 Å². The van der Waals surface area contributed by atoms with Crippen molar-refractivity contribution in [1.29, 1.82) is 0 Å². The highest BCUT2D eigenvalue weighted by Gasteiger charge is 2.59. The number of carbonyl (C=O) groups excluding carboxylic acids is 3. The van der Waals surface area contributed by atoms with Gasteiger partial charge in [0.1, 0.15) is 0 Å². The zero-order chi connectivity index (χ0) is 18.5. The Kier molecular flexibility index (Phi) is 3.73. The minimum atomic E-state index is -1.37. The van der Waals surface area contributed by atoms with Crippen LogP contribution in [0.25, 0.3) is 0 Å². The lowest BCUT2D eigenvalue weighted by Gasteiger charge is -2.47. The zero-order valence-corrected chi connectivity index (χ0v) is 14.8. The molecule has 0 aromatic heterocycles. The number of fused-ring (bicyclic) bond motifs is 3. The molecule has 0 bridgehead atoms. The largest absolute Gasteiger partial charge is 0.322 e. The van der Waals surface area contributed by atoms with Gasteiger partial charge in [0.2, 0.25) is 11.6 Å². The highest BCUT2D eigenvalue weighted by Crippen LogP contribution is 2.44. The van der Waals surface area contributed by atoms with Gasteiger partial charge in [0.05, 0.1) is 11.3 Å². The molecule has 1 N–H and O–H groups in total. The quantitative estimate of drug-likeness (QED) is 0.884. The van der Waals surface area contributed by atoms with E-state index in [4.69, 9.17) is 11.6 Å². The molecular formula is C19H16ClN3O3. The van der Waals surface area contributed by atoms with E-state index in [-0.39, 0.29) is 24.7 Å². The first-order valence-electron chi connectivity index (χ1n) is 8.22. The van der Waals surface area contributed by atoms with Gasteiger partial charge in [0, 0.05) is 30.6 Å².